The van der Waals surface area contributed by atoms with Crippen LogP contribution in [0.5, 0.6) is 0 Å². The lowest BCUT2D eigenvalue weighted by atomic mass is 9.88. The van der Waals surface area contributed by atoms with Crippen molar-refractivity contribution in [2.45, 2.75) is 32.0 Å². The maximum Gasteiger partial charge on any atom is 0.416 e. The van der Waals surface area contributed by atoms with Crippen molar-refractivity contribution >= 4 is 5.97 Å². The smallest absolute Gasteiger partial charge is 0.416 e. The maximum atomic E-state index is 12.5. The Kier molecular flexibility index (Phi) is 5.16. The third-order valence-electron chi connectivity index (χ3n) is 3.20. The predicted octanol–water partition coefficient (Wildman–Crippen LogP) is 3.09. The molecule has 0 saturated heterocycles. The first-order valence-electron chi connectivity index (χ1n) is 6.25. The zero-order valence-electron chi connectivity index (χ0n) is 11.7. The molecule has 0 radical (unpaired) electrons. The van der Waals surface area contributed by atoms with Crippen LogP contribution in [-0.2, 0) is 21.2 Å². The highest BCUT2D eigenvalue weighted by Crippen LogP contribution is 2.31. The van der Waals surface area contributed by atoms with Gasteiger partial charge in [-0.15, -0.1) is 0 Å². The van der Waals surface area contributed by atoms with Crippen LogP contribution in [0.2, 0.25) is 0 Å². The zero-order chi connectivity index (χ0) is 15.4. The van der Waals surface area contributed by atoms with Crippen molar-refractivity contribution in [1.29, 1.82) is 0 Å². The highest BCUT2D eigenvalue weighted by Gasteiger charge is 2.32. The molecule has 0 spiro atoms. The van der Waals surface area contributed by atoms with Crippen molar-refractivity contribution in [3.8, 4) is 0 Å². The van der Waals surface area contributed by atoms with Gasteiger partial charge < -0.3 is 10.1 Å². The minimum absolute atomic E-state index is 0.0443. The first kappa shape index (κ1) is 16.5. The molecule has 0 aliphatic heterocycles. The normalized spacial score (nSPS) is 14.7. The Hall–Kier alpha value is -1.56. The van der Waals surface area contributed by atoms with Gasteiger partial charge >= 0.3 is 12.1 Å². The SMILES string of the molecule is CCOC(=O)CC(C)(NC)c1ccc(C(F)(F)F)cc1. The molecule has 0 aliphatic rings. The van der Waals surface area contributed by atoms with E-state index in [4.69, 9.17) is 4.74 Å². The molecular weight excluding hydrogens is 271 g/mol. The second-order valence-corrected chi connectivity index (χ2v) is 4.64. The molecule has 1 aromatic carbocycles. The van der Waals surface area contributed by atoms with Crippen LogP contribution in [0, 0.1) is 0 Å². The van der Waals surface area contributed by atoms with E-state index in [0.29, 0.717) is 5.56 Å². The quantitative estimate of drug-likeness (QED) is 0.847. The Balaban J connectivity index is 2.97. The van der Waals surface area contributed by atoms with Crippen molar-refractivity contribution in [3.63, 3.8) is 0 Å². The molecule has 0 aromatic heterocycles. The van der Waals surface area contributed by atoms with E-state index in [9.17, 15) is 18.0 Å². The van der Waals surface area contributed by atoms with Crippen molar-refractivity contribution in [1.82, 2.24) is 5.32 Å². The third kappa shape index (κ3) is 3.96. The average Bonchev–Trinajstić information content (AvgIpc) is 2.38. The van der Waals surface area contributed by atoms with Crippen molar-refractivity contribution in [2.24, 2.45) is 0 Å². The van der Waals surface area contributed by atoms with Crippen molar-refractivity contribution < 1.29 is 22.7 Å². The number of ether oxygens (including phenoxy) is 1. The predicted molar refractivity (Wildman–Crippen MR) is 69.1 cm³/mol. The Bertz CT molecular complexity index is 456. The van der Waals surface area contributed by atoms with Gasteiger partial charge in [0.05, 0.1) is 24.1 Å². The molecule has 1 atom stereocenters. The van der Waals surface area contributed by atoms with E-state index in [1.807, 2.05) is 0 Å². The number of hydrogen-bond acceptors (Lipinski definition) is 3. The monoisotopic (exact) mass is 289 g/mol. The highest BCUT2D eigenvalue weighted by atomic mass is 19.4. The number of hydrogen-bond donors (Lipinski definition) is 1. The number of benzene rings is 1. The van der Waals surface area contributed by atoms with Crippen molar-refractivity contribution in [2.75, 3.05) is 13.7 Å². The second kappa shape index (κ2) is 6.26. The zero-order valence-corrected chi connectivity index (χ0v) is 11.7. The summed E-state index contributed by atoms with van der Waals surface area (Å²) in [6, 6.07) is 4.77. The van der Waals surface area contributed by atoms with Gasteiger partial charge in [-0.2, -0.15) is 13.2 Å². The molecule has 1 aromatic rings. The van der Waals surface area contributed by atoms with E-state index in [2.05, 4.69) is 5.32 Å². The van der Waals surface area contributed by atoms with Crippen LogP contribution in [0.3, 0.4) is 0 Å². The summed E-state index contributed by atoms with van der Waals surface area (Å²) in [4.78, 5) is 11.6. The summed E-state index contributed by atoms with van der Waals surface area (Å²) in [6.07, 6.45) is -4.32. The standard InChI is InChI=1S/C14H18F3NO2/c1-4-20-12(19)9-13(2,18-3)10-5-7-11(8-6-10)14(15,16)17/h5-8,18H,4,9H2,1-3H3. The molecule has 1 unspecified atom stereocenters. The van der Waals surface area contributed by atoms with Gasteiger partial charge in [0.25, 0.3) is 0 Å². The summed E-state index contributed by atoms with van der Waals surface area (Å²) in [6.45, 7) is 3.71. The van der Waals surface area contributed by atoms with Crippen LogP contribution in [-0.4, -0.2) is 19.6 Å². The number of carbonyl (C=O) groups excluding carboxylic acids is 1. The fourth-order valence-corrected chi connectivity index (χ4v) is 1.86. The van der Waals surface area contributed by atoms with Gasteiger partial charge in [0.1, 0.15) is 0 Å². The second-order valence-electron chi connectivity index (χ2n) is 4.64. The number of halogens is 3. The number of rotatable bonds is 5. The molecule has 0 fully saturated rings. The number of esters is 1. The summed E-state index contributed by atoms with van der Waals surface area (Å²) in [5.41, 5.74) is -0.881. The summed E-state index contributed by atoms with van der Waals surface area (Å²) >= 11 is 0. The summed E-state index contributed by atoms with van der Waals surface area (Å²) < 4.78 is 42.4. The summed E-state index contributed by atoms with van der Waals surface area (Å²) in [5, 5.41) is 2.96. The molecule has 0 saturated carbocycles. The third-order valence-corrected chi connectivity index (χ3v) is 3.20. The summed E-state index contributed by atoms with van der Waals surface area (Å²) in [5.74, 6) is -0.399. The topological polar surface area (TPSA) is 38.3 Å². The maximum absolute atomic E-state index is 12.5. The van der Waals surface area contributed by atoms with Crippen molar-refractivity contribution in [3.05, 3.63) is 35.4 Å². The van der Waals surface area contributed by atoms with E-state index in [-0.39, 0.29) is 13.0 Å². The Labute approximate surface area is 116 Å². The number of nitrogens with one attached hydrogen (secondary N) is 1. The lowest BCUT2D eigenvalue weighted by molar-refractivity contribution is -0.145. The molecule has 112 valence electrons. The molecule has 1 N–H and O–H groups in total. The lowest BCUT2D eigenvalue weighted by Crippen LogP contribution is -2.39. The number of carbonyl (C=O) groups is 1. The first-order chi connectivity index (χ1) is 9.23. The largest absolute Gasteiger partial charge is 0.466 e. The molecule has 6 heteroatoms. The van der Waals surface area contributed by atoms with Gasteiger partial charge in [-0.25, -0.2) is 0 Å². The van der Waals surface area contributed by atoms with Crippen LogP contribution in [0.4, 0.5) is 13.2 Å². The van der Waals surface area contributed by atoms with E-state index in [1.165, 1.54) is 12.1 Å². The fourth-order valence-electron chi connectivity index (χ4n) is 1.86. The van der Waals surface area contributed by atoms with Gasteiger partial charge in [0.2, 0.25) is 0 Å². The minimum Gasteiger partial charge on any atom is -0.466 e. The molecule has 1 rings (SSSR count). The molecule has 0 amide bonds. The van der Waals surface area contributed by atoms with Gasteiger partial charge in [-0.3, -0.25) is 4.79 Å². The average molecular weight is 289 g/mol. The van der Waals surface area contributed by atoms with Gasteiger partial charge in [0, 0.05) is 0 Å². The van der Waals surface area contributed by atoms with Gasteiger partial charge in [0.15, 0.2) is 0 Å². The molecule has 0 bridgehead atoms. The van der Waals surface area contributed by atoms with E-state index < -0.39 is 23.2 Å². The van der Waals surface area contributed by atoms with E-state index in [0.717, 1.165) is 12.1 Å². The molecule has 0 aliphatic carbocycles. The highest BCUT2D eigenvalue weighted by molar-refractivity contribution is 5.71. The van der Waals surface area contributed by atoms with Crippen LogP contribution >= 0.6 is 0 Å². The van der Waals surface area contributed by atoms with Crippen LogP contribution < -0.4 is 5.32 Å². The Morgan fingerprint density at radius 3 is 2.10 bits per heavy atom. The Morgan fingerprint density at radius 1 is 1.20 bits per heavy atom. The minimum atomic E-state index is -4.37. The fraction of sp³-hybridized carbons (Fsp3) is 0.500. The molecule has 20 heavy (non-hydrogen) atoms. The van der Waals surface area contributed by atoms with E-state index in [1.54, 1.807) is 20.9 Å². The first-order valence-corrected chi connectivity index (χ1v) is 6.25. The van der Waals surface area contributed by atoms with Gasteiger partial charge in [-0.05, 0) is 38.6 Å². The van der Waals surface area contributed by atoms with Crippen LogP contribution in [0.1, 0.15) is 31.4 Å². The molecule has 3 nitrogen and oxygen atoms in total. The summed E-state index contributed by atoms with van der Waals surface area (Å²) in [7, 11) is 1.65. The van der Waals surface area contributed by atoms with E-state index >= 15 is 0 Å². The van der Waals surface area contributed by atoms with Crippen LogP contribution in [0.15, 0.2) is 24.3 Å². The Morgan fingerprint density at radius 2 is 1.70 bits per heavy atom. The van der Waals surface area contributed by atoms with Gasteiger partial charge in [-0.1, -0.05) is 12.1 Å². The number of alkyl halides is 3. The van der Waals surface area contributed by atoms with Crippen LogP contribution in [0.25, 0.3) is 0 Å². The lowest BCUT2D eigenvalue weighted by Gasteiger charge is -2.29. The molecule has 0 heterocycles. The molecular formula is C14H18F3NO2.